The lowest BCUT2D eigenvalue weighted by Crippen LogP contribution is -1.94. The van der Waals surface area contributed by atoms with Crippen LogP contribution in [0.1, 0.15) is 12.0 Å². The van der Waals surface area contributed by atoms with Crippen molar-refractivity contribution < 1.29 is 23.1 Å². The van der Waals surface area contributed by atoms with Crippen LogP contribution in [0.4, 0.5) is 13.2 Å². The van der Waals surface area contributed by atoms with Crippen LogP contribution in [0.25, 0.3) is 0 Å². The summed E-state index contributed by atoms with van der Waals surface area (Å²) in [5.74, 6) is -1.30. The minimum absolute atomic E-state index is 0.366. The number of rotatable bonds is 1. The molecule has 0 spiro atoms. The normalized spacial score (nSPS) is 9.27. The highest BCUT2D eigenvalue weighted by atomic mass is 19.2. The summed E-state index contributed by atoms with van der Waals surface area (Å²) < 4.78 is 38.0. The number of halogens is 3. The number of aliphatic carboxylic acids is 1. The van der Waals surface area contributed by atoms with Gasteiger partial charge in [-0.25, -0.2) is 13.2 Å². The van der Waals surface area contributed by atoms with Crippen LogP contribution < -0.4 is 0 Å². The lowest BCUT2D eigenvalue weighted by molar-refractivity contribution is -0.135. The lowest BCUT2D eigenvalue weighted by Gasteiger charge is -1.96. The highest BCUT2D eigenvalue weighted by Crippen LogP contribution is 2.13. The van der Waals surface area contributed by atoms with Gasteiger partial charge in [-0.15, -0.1) is 0 Å². The van der Waals surface area contributed by atoms with E-state index in [-0.39, 0.29) is 5.56 Å². The first-order valence-corrected chi connectivity index (χ1v) is 3.86. The van der Waals surface area contributed by atoms with Crippen LogP contribution >= 0.6 is 0 Å². The molecular formula is C10H5F3O2. The molecule has 1 N–H and O–H groups in total. The van der Waals surface area contributed by atoms with Crippen molar-refractivity contribution in [1.29, 1.82) is 0 Å². The Morgan fingerprint density at radius 3 is 2.53 bits per heavy atom. The molecule has 0 atom stereocenters. The average Bonchev–Trinajstić information content (AvgIpc) is 2.18. The summed E-state index contributed by atoms with van der Waals surface area (Å²) in [6, 6.07) is 1.67. The number of benzene rings is 1. The molecule has 5 heteroatoms. The maximum atomic E-state index is 12.9. The monoisotopic (exact) mass is 214 g/mol. The first-order valence-electron chi connectivity index (χ1n) is 3.86. The van der Waals surface area contributed by atoms with E-state index in [2.05, 4.69) is 11.8 Å². The zero-order chi connectivity index (χ0) is 11.4. The molecule has 0 aliphatic carbocycles. The molecule has 78 valence electrons. The maximum absolute atomic E-state index is 12.9. The Bertz CT molecular complexity index is 458. The zero-order valence-corrected chi connectivity index (χ0v) is 7.35. The van der Waals surface area contributed by atoms with E-state index in [1.807, 2.05) is 0 Å². The second-order valence-corrected chi connectivity index (χ2v) is 2.60. The standard InChI is InChI=1S/C10H5F3O2/c11-7-5-4-6(9(12)10(7)13)2-1-3-8(14)15/h4-5H,3H2,(H,14,15). The summed E-state index contributed by atoms with van der Waals surface area (Å²) in [5.41, 5.74) is -0.366. The van der Waals surface area contributed by atoms with Gasteiger partial charge in [-0.2, -0.15) is 0 Å². The fraction of sp³-hybridized carbons (Fsp3) is 0.100. The molecule has 1 rings (SSSR count). The Hall–Kier alpha value is -1.96. The molecule has 0 saturated carbocycles. The molecular weight excluding hydrogens is 209 g/mol. The van der Waals surface area contributed by atoms with Crippen molar-refractivity contribution in [3.8, 4) is 11.8 Å². The highest BCUT2D eigenvalue weighted by Gasteiger charge is 2.11. The van der Waals surface area contributed by atoms with Crippen LogP contribution in [0.5, 0.6) is 0 Å². The topological polar surface area (TPSA) is 37.3 Å². The number of carboxylic acid groups (broad SMARTS) is 1. The van der Waals surface area contributed by atoms with Gasteiger partial charge in [-0.3, -0.25) is 4.79 Å². The van der Waals surface area contributed by atoms with Crippen molar-refractivity contribution in [3.63, 3.8) is 0 Å². The van der Waals surface area contributed by atoms with Crippen LogP contribution in [0.3, 0.4) is 0 Å². The van der Waals surface area contributed by atoms with E-state index in [1.165, 1.54) is 0 Å². The van der Waals surface area contributed by atoms with Crippen LogP contribution in [0.2, 0.25) is 0 Å². The third-order valence-corrected chi connectivity index (χ3v) is 1.50. The van der Waals surface area contributed by atoms with E-state index in [1.54, 1.807) is 0 Å². The van der Waals surface area contributed by atoms with Gasteiger partial charge >= 0.3 is 5.97 Å². The molecule has 0 saturated heterocycles. The van der Waals surface area contributed by atoms with Crippen molar-refractivity contribution in [2.75, 3.05) is 0 Å². The fourth-order valence-corrected chi connectivity index (χ4v) is 0.837. The molecule has 1 aromatic rings. The van der Waals surface area contributed by atoms with E-state index in [0.29, 0.717) is 0 Å². The summed E-state index contributed by atoms with van der Waals surface area (Å²) >= 11 is 0. The third kappa shape index (κ3) is 2.74. The van der Waals surface area contributed by atoms with Crippen molar-refractivity contribution in [1.82, 2.24) is 0 Å². The van der Waals surface area contributed by atoms with E-state index in [4.69, 9.17) is 5.11 Å². The Morgan fingerprint density at radius 2 is 1.93 bits per heavy atom. The Kier molecular flexibility index (Phi) is 3.34. The van der Waals surface area contributed by atoms with Crippen LogP contribution in [0, 0.1) is 29.3 Å². The summed E-state index contributed by atoms with van der Waals surface area (Å²) in [4.78, 5) is 10.1. The second kappa shape index (κ2) is 4.51. The van der Waals surface area contributed by atoms with Crippen LogP contribution in [-0.2, 0) is 4.79 Å². The van der Waals surface area contributed by atoms with Crippen molar-refractivity contribution in [2.45, 2.75) is 6.42 Å². The number of carbonyl (C=O) groups is 1. The molecule has 0 unspecified atom stereocenters. The SMILES string of the molecule is O=C(O)CC#Cc1ccc(F)c(F)c1F. The predicted molar refractivity (Wildman–Crippen MR) is 45.4 cm³/mol. The Labute approximate surface area is 83.3 Å². The van der Waals surface area contributed by atoms with Gasteiger partial charge in [0.05, 0.1) is 5.56 Å². The molecule has 1 aromatic carbocycles. The molecule has 0 aliphatic rings. The van der Waals surface area contributed by atoms with Gasteiger partial charge in [0.15, 0.2) is 17.5 Å². The van der Waals surface area contributed by atoms with Gasteiger partial charge in [0.25, 0.3) is 0 Å². The Morgan fingerprint density at radius 1 is 1.27 bits per heavy atom. The minimum Gasteiger partial charge on any atom is -0.481 e. The average molecular weight is 214 g/mol. The molecule has 0 bridgehead atoms. The van der Waals surface area contributed by atoms with Crippen molar-refractivity contribution in [3.05, 3.63) is 35.1 Å². The molecule has 0 amide bonds. The van der Waals surface area contributed by atoms with Gasteiger partial charge in [-0.05, 0) is 12.1 Å². The summed E-state index contributed by atoms with van der Waals surface area (Å²) in [6.45, 7) is 0. The van der Waals surface area contributed by atoms with Crippen molar-refractivity contribution in [2.24, 2.45) is 0 Å². The molecule has 0 aliphatic heterocycles. The molecule has 0 radical (unpaired) electrons. The minimum atomic E-state index is -1.61. The zero-order valence-electron chi connectivity index (χ0n) is 7.35. The predicted octanol–water partition coefficient (Wildman–Crippen LogP) is 1.93. The van der Waals surface area contributed by atoms with Gasteiger partial charge in [0.2, 0.25) is 0 Å². The fourth-order valence-electron chi connectivity index (χ4n) is 0.837. The van der Waals surface area contributed by atoms with E-state index >= 15 is 0 Å². The maximum Gasteiger partial charge on any atom is 0.315 e. The van der Waals surface area contributed by atoms with E-state index in [9.17, 15) is 18.0 Å². The third-order valence-electron chi connectivity index (χ3n) is 1.50. The van der Waals surface area contributed by atoms with E-state index < -0.39 is 29.8 Å². The molecule has 15 heavy (non-hydrogen) atoms. The molecule has 0 aromatic heterocycles. The number of hydrogen-bond donors (Lipinski definition) is 1. The first kappa shape index (κ1) is 11.1. The second-order valence-electron chi connectivity index (χ2n) is 2.60. The number of hydrogen-bond acceptors (Lipinski definition) is 1. The summed E-state index contributed by atoms with van der Waals surface area (Å²) in [7, 11) is 0. The van der Waals surface area contributed by atoms with Crippen molar-refractivity contribution >= 4 is 5.97 Å². The lowest BCUT2D eigenvalue weighted by atomic mass is 10.2. The van der Waals surface area contributed by atoms with Crippen LogP contribution in [-0.4, -0.2) is 11.1 Å². The quantitative estimate of drug-likeness (QED) is 0.572. The van der Waals surface area contributed by atoms with Crippen LogP contribution in [0.15, 0.2) is 12.1 Å². The molecule has 2 nitrogen and oxygen atoms in total. The Balaban J connectivity index is 3.00. The molecule has 0 fully saturated rings. The van der Waals surface area contributed by atoms with E-state index in [0.717, 1.165) is 12.1 Å². The molecule has 0 heterocycles. The first-order chi connectivity index (χ1) is 7.02. The number of carboxylic acids is 1. The van der Waals surface area contributed by atoms with Gasteiger partial charge < -0.3 is 5.11 Å². The van der Waals surface area contributed by atoms with Gasteiger partial charge in [0.1, 0.15) is 6.42 Å². The largest absolute Gasteiger partial charge is 0.481 e. The summed E-state index contributed by atoms with van der Waals surface area (Å²) in [6.07, 6.45) is -0.488. The van der Waals surface area contributed by atoms with Gasteiger partial charge in [0, 0.05) is 0 Å². The van der Waals surface area contributed by atoms with Gasteiger partial charge in [-0.1, -0.05) is 11.8 Å². The smallest absolute Gasteiger partial charge is 0.315 e. The summed E-state index contributed by atoms with van der Waals surface area (Å²) in [5, 5.41) is 8.23. The highest BCUT2D eigenvalue weighted by molar-refractivity contribution is 5.70.